The Morgan fingerprint density at radius 3 is 2.53 bits per heavy atom. The summed E-state index contributed by atoms with van der Waals surface area (Å²) in [6.45, 7) is 1.72. The third-order valence-electron chi connectivity index (χ3n) is 3.37. The molecule has 1 unspecified atom stereocenters. The van der Waals surface area contributed by atoms with Gasteiger partial charge >= 0.3 is 0 Å². The van der Waals surface area contributed by atoms with Gasteiger partial charge in [-0.1, -0.05) is 12.1 Å². The van der Waals surface area contributed by atoms with Crippen LogP contribution in [0.3, 0.4) is 0 Å². The van der Waals surface area contributed by atoms with Crippen LogP contribution in [0.1, 0.15) is 18.4 Å². The van der Waals surface area contributed by atoms with E-state index in [9.17, 15) is 0 Å². The van der Waals surface area contributed by atoms with E-state index in [1.54, 1.807) is 7.11 Å². The Balaban J connectivity index is 1.89. The van der Waals surface area contributed by atoms with Crippen LogP contribution < -0.4 is 4.74 Å². The van der Waals surface area contributed by atoms with Crippen LogP contribution in [0.25, 0.3) is 0 Å². The van der Waals surface area contributed by atoms with Gasteiger partial charge in [-0.05, 0) is 42.9 Å². The van der Waals surface area contributed by atoms with Gasteiger partial charge in [0.2, 0.25) is 0 Å². The molecular formula is C14H19ClO2. The molecule has 0 aliphatic carbocycles. The van der Waals surface area contributed by atoms with Gasteiger partial charge in [-0.3, -0.25) is 0 Å². The first-order valence-electron chi connectivity index (χ1n) is 6.14. The molecule has 94 valence electrons. The van der Waals surface area contributed by atoms with Crippen molar-refractivity contribution in [3.63, 3.8) is 0 Å². The maximum absolute atomic E-state index is 6.48. The minimum absolute atomic E-state index is 0.215. The highest BCUT2D eigenvalue weighted by molar-refractivity contribution is 6.20. The number of ether oxygens (including phenoxy) is 2. The molecule has 3 heteroatoms. The Hall–Kier alpha value is -0.730. The molecule has 1 aromatic carbocycles. The number of benzene rings is 1. The van der Waals surface area contributed by atoms with E-state index in [-0.39, 0.29) is 5.38 Å². The van der Waals surface area contributed by atoms with Gasteiger partial charge in [0.15, 0.2) is 0 Å². The number of methoxy groups -OCH3 is 1. The highest BCUT2D eigenvalue weighted by atomic mass is 35.5. The molecule has 1 saturated heterocycles. The van der Waals surface area contributed by atoms with Gasteiger partial charge in [0.1, 0.15) is 5.75 Å². The van der Waals surface area contributed by atoms with Gasteiger partial charge in [-0.15, -0.1) is 11.6 Å². The van der Waals surface area contributed by atoms with Crippen molar-refractivity contribution >= 4 is 11.6 Å². The average molecular weight is 255 g/mol. The number of alkyl halides is 1. The number of rotatable bonds is 4. The van der Waals surface area contributed by atoms with Crippen LogP contribution in [0.5, 0.6) is 5.75 Å². The van der Waals surface area contributed by atoms with Crippen molar-refractivity contribution in [1.82, 2.24) is 0 Å². The fraction of sp³-hybridized carbons (Fsp3) is 0.571. The average Bonchev–Trinajstić information content (AvgIpc) is 2.40. The lowest BCUT2D eigenvalue weighted by atomic mass is 9.92. The van der Waals surface area contributed by atoms with Crippen LogP contribution in [-0.4, -0.2) is 25.7 Å². The summed E-state index contributed by atoms with van der Waals surface area (Å²) in [4.78, 5) is 0. The number of hydrogen-bond donors (Lipinski definition) is 0. The van der Waals surface area contributed by atoms with E-state index in [0.29, 0.717) is 5.92 Å². The molecule has 0 amide bonds. The molecule has 2 nitrogen and oxygen atoms in total. The minimum Gasteiger partial charge on any atom is -0.497 e. The highest BCUT2D eigenvalue weighted by Crippen LogP contribution is 2.26. The maximum Gasteiger partial charge on any atom is 0.118 e. The molecule has 0 saturated carbocycles. The van der Waals surface area contributed by atoms with Crippen LogP contribution in [0.15, 0.2) is 24.3 Å². The Bertz CT molecular complexity index is 331. The Kier molecular flexibility index (Phi) is 4.69. The summed E-state index contributed by atoms with van der Waals surface area (Å²) < 4.78 is 10.5. The zero-order valence-electron chi connectivity index (χ0n) is 10.2. The second-order valence-electron chi connectivity index (χ2n) is 4.52. The zero-order chi connectivity index (χ0) is 12.1. The highest BCUT2D eigenvalue weighted by Gasteiger charge is 2.22. The van der Waals surface area contributed by atoms with Crippen LogP contribution in [-0.2, 0) is 11.2 Å². The third-order valence-corrected chi connectivity index (χ3v) is 3.88. The van der Waals surface area contributed by atoms with Crippen molar-refractivity contribution in [1.29, 1.82) is 0 Å². The molecule has 0 N–H and O–H groups in total. The minimum atomic E-state index is 0.215. The first kappa shape index (κ1) is 12.7. The van der Waals surface area contributed by atoms with E-state index in [4.69, 9.17) is 21.1 Å². The van der Waals surface area contributed by atoms with E-state index < -0.39 is 0 Å². The molecule has 1 aromatic rings. The van der Waals surface area contributed by atoms with Crippen LogP contribution in [0.4, 0.5) is 0 Å². The monoisotopic (exact) mass is 254 g/mol. The van der Waals surface area contributed by atoms with Gasteiger partial charge < -0.3 is 9.47 Å². The van der Waals surface area contributed by atoms with E-state index >= 15 is 0 Å². The molecule has 0 radical (unpaired) electrons. The first-order valence-corrected chi connectivity index (χ1v) is 6.58. The largest absolute Gasteiger partial charge is 0.497 e. The fourth-order valence-electron chi connectivity index (χ4n) is 2.23. The molecule has 0 bridgehead atoms. The zero-order valence-corrected chi connectivity index (χ0v) is 11.0. The van der Waals surface area contributed by atoms with E-state index in [0.717, 1.165) is 38.2 Å². The van der Waals surface area contributed by atoms with Gasteiger partial charge in [-0.2, -0.15) is 0 Å². The van der Waals surface area contributed by atoms with Crippen LogP contribution in [0.2, 0.25) is 0 Å². The van der Waals surface area contributed by atoms with Crippen molar-refractivity contribution in [3.05, 3.63) is 29.8 Å². The van der Waals surface area contributed by atoms with E-state index in [1.807, 2.05) is 12.1 Å². The molecule has 17 heavy (non-hydrogen) atoms. The predicted octanol–water partition coefficient (Wildman–Crippen LogP) is 3.27. The lowest BCUT2D eigenvalue weighted by Gasteiger charge is -2.26. The first-order chi connectivity index (χ1) is 8.29. The van der Waals surface area contributed by atoms with Gasteiger partial charge in [-0.25, -0.2) is 0 Å². The van der Waals surface area contributed by atoms with Gasteiger partial charge in [0.25, 0.3) is 0 Å². The van der Waals surface area contributed by atoms with E-state index in [2.05, 4.69) is 12.1 Å². The smallest absolute Gasteiger partial charge is 0.118 e. The topological polar surface area (TPSA) is 18.5 Å². The van der Waals surface area contributed by atoms with Crippen molar-refractivity contribution in [2.45, 2.75) is 24.6 Å². The molecule has 1 aliphatic heterocycles. The van der Waals surface area contributed by atoms with Crippen molar-refractivity contribution in [3.8, 4) is 5.75 Å². The summed E-state index contributed by atoms with van der Waals surface area (Å²) in [6.07, 6.45) is 3.10. The normalized spacial score (nSPS) is 18.9. The van der Waals surface area contributed by atoms with Crippen molar-refractivity contribution in [2.24, 2.45) is 5.92 Å². The molecule has 2 rings (SSSR count). The Labute approximate surface area is 108 Å². The molecule has 1 heterocycles. The summed E-state index contributed by atoms with van der Waals surface area (Å²) in [6, 6.07) is 8.16. The van der Waals surface area contributed by atoms with Crippen LogP contribution in [0, 0.1) is 5.92 Å². The third kappa shape index (κ3) is 3.62. The number of halogens is 1. The summed E-state index contributed by atoms with van der Waals surface area (Å²) in [5, 5.41) is 0.215. The second kappa shape index (κ2) is 6.27. The molecule has 0 aromatic heterocycles. The van der Waals surface area contributed by atoms with Crippen molar-refractivity contribution in [2.75, 3.05) is 20.3 Å². The van der Waals surface area contributed by atoms with Crippen molar-refractivity contribution < 1.29 is 9.47 Å². The molecule has 1 fully saturated rings. The molecule has 0 spiro atoms. The van der Waals surface area contributed by atoms with Crippen LogP contribution >= 0.6 is 11.6 Å². The second-order valence-corrected chi connectivity index (χ2v) is 5.08. The van der Waals surface area contributed by atoms with Gasteiger partial charge in [0, 0.05) is 18.6 Å². The Morgan fingerprint density at radius 1 is 1.29 bits per heavy atom. The van der Waals surface area contributed by atoms with E-state index in [1.165, 1.54) is 5.56 Å². The SMILES string of the molecule is COc1ccc(CC(Cl)C2CCOCC2)cc1. The maximum atomic E-state index is 6.48. The quantitative estimate of drug-likeness (QED) is 0.768. The lowest BCUT2D eigenvalue weighted by Crippen LogP contribution is -2.25. The lowest BCUT2D eigenvalue weighted by molar-refractivity contribution is 0.0651. The molecular weight excluding hydrogens is 236 g/mol. The summed E-state index contributed by atoms with van der Waals surface area (Å²) in [5.41, 5.74) is 1.28. The summed E-state index contributed by atoms with van der Waals surface area (Å²) >= 11 is 6.48. The summed E-state index contributed by atoms with van der Waals surface area (Å²) in [5.74, 6) is 1.48. The predicted molar refractivity (Wildman–Crippen MR) is 69.9 cm³/mol. The summed E-state index contributed by atoms with van der Waals surface area (Å²) in [7, 11) is 1.68. The Morgan fingerprint density at radius 2 is 1.94 bits per heavy atom. The standard InChI is InChI=1S/C14H19ClO2/c1-16-13-4-2-11(3-5-13)10-14(15)12-6-8-17-9-7-12/h2-5,12,14H,6-10H2,1H3. The molecule has 1 aliphatic rings. The number of hydrogen-bond acceptors (Lipinski definition) is 2. The molecule has 1 atom stereocenters. The van der Waals surface area contributed by atoms with Gasteiger partial charge in [0.05, 0.1) is 7.11 Å². The fourth-order valence-corrected chi connectivity index (χ4v) is 2.66.